The highest BCUT2D eigenvalue weighted by Crippen LogP contribution is 2.28. The quantitative estimate of drug-likeness (QED) is 0.671. The molecule has 4 rings (SSSR count). The van der Waals surface area contributed by atoms with Crippen molar-refractivity contribution in [3.63, 3.8) is 0 Å². The smallest absolute Gasteiger partial charge is 0.270 e. The van der Waals surface area contributed by atoms with Crippen molar-refractivity contribution in [1.82, 2.24) is 14.8 Å². The Morgan fingerprint density at radius 3 is 2.97 bits per heavy atom. The van der Waals surface area contributed by atoms with Crippen LogP contribution in [0.3, 0.4) is 0 Å². The third-order valence-electron chi connectivity index (χ3n) is 4.66. The zero-order valence-corrected chi connectivity index (χ0v) is 17.2. The van der Waals surface area contributed by atoms with E-state index in [0.29, 0.717) is 23.0 Å². The first-order valence-corrected chi connectivity index (χ1v) is 10.1. The van der Waals surface area contributed by atoms with E-state index >= 15 is 0 Å². The van der Waals surface area contributed by atoms with Crippen LogP contribution in [0.25, 0.3) is 11.3 Å². The molecule has 29 heavy (non-hydrogen) atoms. The van der Waals surface area contributed by atoms with Crippen LogP contribution in [0.5, 0.6) is 5.75 Å². The zero-order valence-electron chi connectivity index (χ0n) is 16.4. The van der Waals surface area contributed by atoms with Crippen LogP contribution < -0.4 is 10.1 Å². The summed E-state index contributed by atoms with van der Waals surface area (Å²) in [4.78, 5) is 22.5. The summed E-state index contributed by atoms with van der Waals surface area (Å²) in [5.41, 5.74) is 4.17. The Bertz CT molecular complexity index is 1070. The molecule has 1 N–H and O–H groups in total. The molecule has 150 valence electrons. The van der Waals surface area contributed by atoms with Crippen LogP contribution in [0.4, 0.5) is 5.13 Å². The molecular formula is C20H21N5O3S. The van der Waals surface area contributed by atoms with Gasteiger partial charge >= 0.3 is 0 Å². The summed E-state index contributed by atoms with van der Waals surface area (Å²) in [5.74, 6) is 0.420. The number of nitrogens with one attached hydrogen (secondary N) is 1. The number of aromatic nitrogens is 3. The molecule has 1 atom stereocenters. The Labute approximate surface area is 172 Å². The van der Waals surface area contributed by atoms with Gasteiger partial charge in [-0.3, -0.25) is 14.8 Å². The molecular weight excluding hydrogens is 390 g/mol. The van der Waals surface area contributed by atoms with Gasteiger partial charge in [-0.2, -0.15) is 5.10 Å². The van der Waals surface area contributed by atoms with Gasteiger partial charge in [-0.05, 0) is 26.0 Å². The summed E-state index contributed by atoms with van der Waals surface area (Å²) in [6, 6.07) is 7.53. The average Bonchev–Trinajstić information content (AvgIpc) is 3.47. The molecule has 0 radical (unpaired) electrons. The van der Waals surface area contributed by atoms with Crippen molar-refractivity contribution < 1.29 is 14.4 Å². The molecule has 2 aromatic heterocycles. The topological polar surface area (TPSA) is 90.6 Å². The number of methoxy groups -OCH3 is 1. The number of oxime groups is 1. The number of ether oxygens (including phenoxy) is 1. The maximum absolute atomic E-state index is 12.6. The first kappa shape index (κ1) is 19.1. The Morgan fingerprint density at radius 2 is 2.21 bits per heavy atom. The predicted molar refractivity (Wildman–Crippen MR) is 111 cm³/mol. The summed E-state index contributed by atoms with van der Waals surface area (Å²) in [7, 11) is 1.60. The van der Waals surface area contributed by atoms with E-state index in [-0.39, 0.29) is 5.91 Å². The molecule has 1 amide bonds. The Kier molecular flexibility index (Phi) is 5.30. The van der Waals surface area contributed by atoms with Crippen LogP contribution in [-0.2, 0) is 16.2 Å². The van der Waals surface area contributed by atoms with E-state index in [1.807, 2.05) is 54.4 Å². The van der Waals surface area contributed by atoms with Crippen molar-refractivity contribution in [1.29, 1.82) is 0 Å². The molecule has 8 nitrogen and oxygen atoms in total. The first-order chi connectivity index (χ1) is 14.1. The molecule has 0 fully saturated rings. The predicted octanol–water partition coefficient (Wildman–Crippen LogP) is 3.48. The summed E-state index contributed by atoms with van der Waals surface area (Å²) in [6.45, 7) is 4.77. The highest BCUT2D eigenvalue weighted by molar-refractivity contribution is 7.14. The van der Waals surface area contributed by atoms with E-state index in [9.17, 15) is 4.79 Å². The molecule has 0 aliphatic carbocycles. The molecule has 0 saturated heterocycles. The van der Waals surface area contributed by atoms with Crippen LogP contribution in [0, 0.1) is 6.92 Å². The van der Waals surface area contributed by atoms with Gasteiger partial charge in [0.25, 0.3) is 5.91 Å². The first-order valence-electron chi connectivity index (χ1n) is 9.26. The van der Waals surface area contributed by atoms with Crippen molar-refractivity contribution in [2.75, 3.05) is 12.4 Å². The number of hydrogen-bond donors (Lipinski definition) is 1. The number of hydrogen-bond acceptors (Lipinski definition) is 7. The van der Waals surface area contributed by atoms with E-state index in [0.717, 1.165) is 29.1 Å². The molecule has 1 unspecified atom stereocenters. The third kappa shape index (κ3) is 3.86. The lowest BCUT2D eigenvalue weighted by Gasteiger charge is -2.08. The van der Waals surface area contributed by atoms with Crippen molar-refractivity contribution in [2.24, 2.45) is 5.16 Å². The number of benzene rings is 1. The highest BCUT2D eigenvalue weighted by Gasteiger charge is 2.30. The van der Waals surface area contributed by atoms with Crippen LogP contribution in [0.2, 0.25) is 0 Å². The van der Waals surface area contributed by atoms with Gasteiger partial charge < -0.3 is 9.57 Å². The molecule has 0 bridgehead atoms. The second kappa shape index (κ2) is 8.04. The molecule has 1 aromatic carbocycles. The number of para-hydroxylation sites is 1. The van der Waals surface area contributed by atoms with E-state index in [1.165, 1.54) is 11.3 Å². The average molecular weight is 411 g/mol. The number of amides is 1. The lowest BCUT2D eigenvalue weighted by molar-refractivity contribution is -0.125. The van der Waals surface area contributed by atoms with Gasteiger partial charge in [-0.15, -0.1) is 11.3 Å². The molecule has 9 heteroatoms. The number of carbonyl (C=O) groups excluding carboxylic acids is 1. The van der Waals surface area contributed by atoms with Gasteiger partial charge in [-0.25, -0.2) is 4.98 Å². The fourth-order valence-corrected chi connectivity index (χ4v) is 3.85. The summed E-state index contributed by atoms with van der Waals surface area (Å²) < 4.78 is 7.23. The standard InChI is InChI=1S/C20H21N5O3S/c1-4-25-10-14(12(2)23-25)16-11-29-20(21-16)22-19(26)18-9-15(24-28-18)13-7-5-6-8-17(13)27-3/h5-8,10-11,18H,4,9H2,1-3H3,(H,21,22,26). The number of carbonyl (C=O) groups is 1. The molecule has 3 heterocycles. The molecule has 1 aliphatic heterocycles. The molecule has 3 aromatic rings. The van der Waals surface area contributed by atoms with E-state index in [4.69, 9.17) is 9.57 Å². The van der Waals surface area contributed by atoms with Crippen molar-refractivity contribution in [3.8, 4) is 17.0 Å². The van der Waals surface area contributed by atoms with Crippen LogP contribution in [0.15, 0.2) is 41.0 Å². The van der Waals surface area contributed by atoms with E-state index in [1.54, 1.807) is 7.11 Å². The number of rotatable bonds is 6. The summed E-state index contributed by atoms with van der Waals surface area (Å²) in [5, 5.41) is 13.8. The number of aryl methyl sites for hydroxylation is 2. The van der Waals surface area contributed by atoms with Crippen molar-refractivity contribution in [2.45, 2.75) is 32.9 Å². The number of thiazole rings is 1. The zero-order chi connectivity index (χ0) is 20.4. The maximum Gasteiger partial charge on any atom is 0.270 e. The van der Waals surface area contributed by atoms with Crippen LogP contribution >= 0.6 is 11.3 Å². The number of anilines is 1. The van der Waals surface area contributed by atoms with Gasteiger partial charge in [-0.1, -0.05) is 17.3 Å². The fourth-order valence-electron chi connectivity index (χ4n) is 3.13. The van der Waals surface area contributed by atoms with Gasteiger partial charge in [0, 0.05) is 35.7 Å². The van der Waals surface area contributed by atoms with Crippen molar-refractivity contribution >= 4 is 28.1 Å². The SMILES string of the molecule is CCn1cc(-c2csc(NC(=O)C3CC(c4ccccc4OC)=NO3)n2)c(C)n1. The summed E-state index contributed by atoms with van der Waals surface area (Å²) in [6.07, 6.45) is 1.63. The second-order valence-electron chi connectivity index (χ2n) is 6.55. The molecule has 1 aliphatic rings. The minimum absolute atomic E-state index is 0.277. The van der Waals surface area contributed by atoms with Crippen molar-refractivity contribution in [3.05, 3.63) is 47.1 Å². The second-order valence-corrected chi connectivity index (χ2v) is 7.41. The fraction of sp³-hybridized carbons (Fsp3) is 0.300. The Hall–Kier alpha value is -3.20. The van der Waals surface area contributed by atoms with E-state index < -0.39 is 6.10 Å². The Balaban J connectivity index is 1.42. The lowest BCUT2D eigenvalue weighted by atomic mass is 10.0. The number of nitrogens with zero attached hydrogens (tertiary/aromatic N) is 4. The minimum atomic E-state index is -0.702. The van der Waals surface area contributed by atoms with Gasteiger partial charge in [0.1, 0.15) is 5.75 Å². The van der Waals surface area contributed by atoms with Gasteiger partial charge in [0.15, 0.2) is 5.13 Å². The largest absolute Gasteiger partial charge is 0.496 e. The molecule has 0 spiro atoms. The highest BCUT2D eigenvalue weighted by atomic mass is 32.1. The normalized spacial score (nSPS) is 15.7. The lowest BCUT2D eigenvalue weighted by Crippen LogP contribution is -2.28. The summed E-state index contributed by atoms with van der Waals surface area (Å²) >= 11 is 1.37. The van der Waals surface area contributed by atoms with Crippen LogP contribution in [-0.4, -0.2) is 39.6 Å². The molecule has 0 saturated carbocycles. The maximum atomic E-state index is 12.6. The van der Waals surface area contributed by atoms with Crippen LogP contribution in [0.1, 0.15) is 24.6 Å². The minimum Gasteiger partial charge on any atom is -0.496 e. The third-order valence-corrected chi connectivity index (χ3v) is 5.42. The van der Waals surface area contributed by atoms with Gasteiger partial charge in [0.2, 0.25) is 6.10 Å². The van der Waals surface area contributed by atoms with E-state index in [2.05, 4.69) is 20.6 Å². The monoisotopic (exact) mass is 411 g/mol. The van der Waals surface area contributed by atoms with Gasteiger partial charge in [0.05, 0.1) is 24.2 Å². The Morgan fingerprint density at radius 1 is 1.38 bits per heavy atom.